The number of esters is 1. The van der Waals surface area contributed by atoms with Crippen molar-refractivity contribution in [2.45, 2.75) is 18.9 Å². The molecule has 0 N–H and O–H groups in total. The maximum Gasteiger partial charge on any atom is 0.340 e. The van der Waals surface area contributed by atoms with Crippen LogP contribution in [0.3, 0.4) is 0 Å². The average molecular weight is 402 g/mol. The zero-order chi connectivity index (χ0) is 18.0. The topological polar surface area (TPSA) is 46.6 Å². The minimum atomic E-state index is -0.860. The van der Waals surface area contributed by atoms with Crippen LogP contribution in [0, 0.1) is 5.82 Å². The Hall–Kier alpha value is -1.63. The molecule has 1 aromatic carbocycles. The molecule has 132 valence electrons. The van der Waals surface area contributed by atoms with E-state index < -0.39 is 18.4 Å². The molecule has 1 aromatic heterocycles. The molecule has 1 unspecified atom stereocenters. The summed E-state index contributed by atoms with van der Waals surface area (Å²) in [5, 5.41) is 1.75. The Balaban J connectivity index is 1.64. The molecule has 4 nitrogen and oxygen atoms in total. The van der Waals surface area contributed by atoms with Crippen LogP contribution in [0.2, 0.25) is 10.0 Å². The summed E-state index contributed by atoms with van der Waals surface area (Å²) in [5.41, 5.74) is -0.160. The lowest BCUT2D eigenvalue weighted by Crippen LogP contribution is -2.34. The monoisotopic (exact) mass is 401 g/mol. The van der Waals surface area contributed by atoms with Gasteiger partial charge in [0.25, 0.3) is 5.91 Å². The largest absolute Gasteiger partial charge is 0.452 e. The molecule has 0 spiro atoms. The van der Waals surface area contributed by atoms with Crippen molar-refractivity contribution in [3.05, 3.63) is 55.9 Å². The van der Waals surface area contributed by atoms with Crippen molar-refractivity contribution in [2.24, 2.45) is 0 Å². The Morgan fingerprint density at radius 1 is 1.32 bits per heavy atom. The molecule has 2 aromatic rings. The number of ether oxygens (including phenoxy) is 1. The molecule has 3 rings (SSSR count). The number of rotatable bonds is 4. The van der Waals surface area contributed by atoms with Gasteiger partial charge in [-0.3, -0.25) is 4.79 Å². The van der Waals surface area contributed by atoms with Gasteiger partial charge in [-0.05, 0) is 36.4 Å². The molecule has 1 amide bonds. The molecule has 0 saturated carbocycles. The number of hydrogen-bond donors (Lipinski definition) is 0. The Morgan fingerprint density at radius 2 is 2.12 bits per heavy atom. The maximum absolute atomic E-state index is 13.5. The van der Waals surface area contributed by atoms with Crippen LogP contribution in [0.25, 0.3) is 0 Å². The second kappa shape index (κ2) is 7.72. The van der Waals surface area contributed by atoms with E-state index in [1.807, 2.05) is 17.5 Å². The van der Waals surface area contributed by atoms with Crippen LogP contribution in [0.5, 0.6) is 0 Å². The average Bonchev–Trinajstić information content (AvgIpc) is 3.26. The van der Waals surface area contributed by atoms with Crippen molar-refractivity contribution >= 4 is 46.4 Å². The number of halogens is 3. The number of thiophene rings is 1. The summed E-state index contributed by atoms with van der Waals surface area (Å²) < 4.78 is 18.5. The van der Waals surface area contributed by atoms with Gasteiger partial charge in [-0.25, -0.2) is 9.18 Å². The Kier molecular flexibility index (Phi) is 5.61. The summed E-state index contributed by atoms with van der Waals surface area (Å²) in [4.78, 5) is 27.3. The molecule has 1 aliphatic heterocycles. The SMILES string of the molecule is O=C(OCC(=O)N1CCCC1c1cccs1)c1cc(F)c(Cl)cc1Cl. The Morgan fingerprint density at radius 3 is 2.84 bits per heavy atom. The summed E-state index contributed by atoms with van der Waals surface area (Å²) in [6, 6.07) is 5.98. The molecule has 1 aliphatic rings. The number of hydrogen-bond acceptors (Lipinski definition) is 4. The highest BCUT2D eigenvalue weighted by Gasteiger charge is 2.31. The van der Waals surface area contributed by atoms with Crippen molar-refractivity contribution in [3.8, 4) is 0 Å². The number of carbonyl (C=O) groups is 2. The van der Waals surface area contributed by atoms with E-state index in [9.17, 15) is 14.0 Å². The smallest absolute Gasteiger partial charge is 0.340 e. The van der Waals surface area contributed by atoms with Gasteiger partial charge in [-0.1, -0.05) is 29.3 Å². The number of likely N-dealkylation sites (tertiary alicyclic amines) is 1. The van der Waals surface area contributed by atoms with E-state index in [4.69, 9.17) is 27.9 Å². The molecule has 0 aliphatic carbocycles. The summed E-state index contributed by atoms with van der Waals surface area (Å²) in [6.07, 6.45) is 1.78. The fourth-order valence-electron chi connectivity index (χ4n) is 2.81. The van der Waals surface area contributed by atoms with Gasteiger partial charge in [-0.2, -0.15) is 0 Å². The van der Waals surface area contributed by atoms with Gasteiger partial charge in [0, 0.05) is 11.4 Å². The van der Waals surface area contributed by atoms with Crippen molar-refractivity contribution in [2.75, 3.05) is 13.2 Å². The minimum absolute atomic E-state index is 0.0165. The third-order valence-corrected chi connectivity index (χ3v) is 5.58. The predicted molar refractivity (Wildman–Crippen MR) is 94.7 cm³/mol. The maximum atomic E-state index is 13.5. The van der Waals surface area contributed by atoms with Gasteiger partial charge in [0.15, 0.2) is 6.61 Å². The Bertz CT molecular complexity index is 797. The third kappa shape index (κ3) is 3.97. The fourth-order valence-corrected chi connectivity index (χ4v) is 4.14. The molecular weight excluding hydrogens is 388 g/mol. The van der Waals surface area contributed by atoms with Gasteiger partial charge >= 0.3 is 5.97 Å². The van der Waals surface area contributed by atoms with E-state index in [1.54, 1.807) is 16.2 Å². The van der Waals surface area contributed by atoms with Crippen molar-refractivity contribution in [1.29, 1.82) is 0 Å². The fraction of sp³-hybridized carbons (Fsp3) is 0.294. The van der Waals surface area contributed by atoms with E-state index in [-0.39, 0.29) is 27.6 Å². The first kappa shape index (κ1) is 18.2. The minimum Gasteiger partial charge on any atom is -0.452 e. The van der Waals surface area contributed by atoms with E-state index in [2.05, 4.69) is 0 Å². The molecule has 1 saturated heterocycles. The van der Waals surface area contributed by atoms with Crippen molar-refractivity contribution in [3.63, 3.8) is 0 Å². The van der Waals surface area contributed by atoms with Crippen LogP contribution >= 0.6 is 34.5 Å². The van der Waals surface area contributed by atoms with E-state index in [0.29, 0.717) is 6.54 Å². The molecule has 0 radical (unpaired) electrons. The highest BCUT2D eigenvalue weighted by Crippen LogP contribution is 2.34. The van der Waals surface area contributed by atoms with E-state index in [1.165, 1.54) is 0 Å². The summed E-state index contributed by atoms with van der Waals surface area (Å²) in [7, 11) is 0. The lowest BCUT2D eigenvalue weighted by atomic mass is 10.2. The van der Waals surface area contributed by atoms with E-state index in [0.717, 1.165) is 29.9 Å². The summed E-state index contributed by atoms with van der Waals surface area (Å²) in [5.74, 6) is -1.92. The normalized spacial score (nSPS) is 16.9. The first-order chi connectivity index (χ1) is 12.0. The molecule has 8 heteroatoms. The van der Waals surface area contributed by atoms with Crippen LogP contribution in [0.15, 0.2) is 29.6 Å². The predicted octanol–water partition coefficient (Wildman–Crippen LogP) is 4.71. The van der Waals surface area contributed by atoms with Gasteiger partial charge in [-0.15, -0.1) is 11.3 Å². The van der Waals surface area contributed by atoms with Gasteiger partial charge in [0.2, 0.25) is 0 Å². The lowest BCUT2D eigenvalue weighted by Gasteiger charge is -2.23. The second-order valence-corrected chi connectivity index (χ2v) is 7.38. The zero-order valence-corrected chi connectivity index (χ0v) is 15.3. The third-order valence-electron chi connectivity index (χ3n) is 4.00. The van der Waals surface area contributed by atoms with Crippen LogP contribution < -0.4 is 0 Å². The highest BCUT2D eigenvalue weighted by atomic mass is 35.5. The van der Waals surface area contributed by atoms with Gasteiger partial charge in [0.1, 0.15) is 5.82 Å². The van der Waals surface area contributed by atoms with E-state index >= 15 is 0 Å². The van der Waals surface area contributed by atoms with Gasteiger partial charge in [0.05, 0.1) is 21.7 Å². The zero-order valence-electron chi connectivity index (χ0n) is 13.0. The molecule has 1 fully saturated rings. The highest BCUT2D eigenvalue weighted by molar-refractivity contribution is 7.10. The summed E-state index contributed by atoms with van der Waals surface area (Å²) in [6.45, 7) is 0.205. The summed E-state index contributed by atoms with van der Waals surface area (Å²) >= 11 is 13.1. The molecule has 0 bridgehead atoms. The molecule has 1 atom stereocenters. The number of carbonyl (C=O) groups excluding carboxylic acids is 2. The number of nitrogens with zero attached hydrogens (tertiary/aromatic N) is 1. The standard InChI is InChI=1S/C17H14Cl2FNO3S/c18-11-8-12(19)13(20)7-10(11)17(23)24-9-16(22)21-5-1-3-14(21)15-4-2-6-25-15/h2,4,6-8,14H,1,3,5,9H2. The number of amides is 1. The van der Waals surface area contributed by atoms with Gasteiger partial charge < -0.3 is 9.64 Å². The van der Waals surface area contributed by atoms with Crippen molar-refractivity contribution < 1.29 is 18.7 Å². The second-order valence-electron chi connectivity index (χ2n) is 5.58. The first-order valence-corrected chi connectivity index (χ1v) is 9.25. The van der Waals surface area contributed by atoms with Crippen LogP contribution in [-0.4, -0.2) is 29.9 Å². The first-order valence-electron chi connectivity index (χ1n) is 7.62. The lowest BCUT2D eigenvalue weighted by molar-refractivity contribution is -0.135. The van der Waals surface area contributed by atoms with Crippen LogP contribution in [0.1, 0.15) is 34.1 Å². The van der Waals surface area contributed by atoms with Crippen LogP contribution in [0.4, 0.5) is 4.39 Å². The Labute approximate surface area is 158 Å². The van der Waals surface area contributed by atoms with Crippen LogP contribution in [-0.2, 0) is 9.53 Å². The number of benzene rings is 1. The molecule has 25 heavy (non-hydrogen) atoms. The molecule has 2 heterocycles. The van der Waals surface area contributed by atoms with Crippen molar-refractivity contribution in [1.82, 2.24) is 4.90 Å². The quantitative estimate of drug-likeness (QED) is 0.550. The molecular formula is C17H14Cl2FNO3S.